The third-order valence-electron chi connectivity index (χ3n) is 3.63. The maximum absolute atomic E-state index is 12.7. The Morgan fingerprint density at radius 3 is 2.52 bits per heavy atom. The van der Waals surface area contributed by atoms with Crippen molar-refractivity contribution in [2.75, 3.05) is 11.9 Å². The van der Waals surface area contributed by atoms with E-state index in [-0.39, 0.29) is 17.7 Å². The van der Waals surface area contributed by atoms with Gasteiger partial charge in [-0.1, -0.05) is 24.8 Å². The molecule has 2 aromatic carbocycles. The van der Waals surface area contributed by atoms with Crippen LogP contribution in [0.1, 0.15) is 27.6 Å². The maximum Gasteiger partial charge on any atom is 0.416 e. The minimum atomic E-state index is -4.52. The van der Waals surface area contributed by atoms with Gasteiger partial charge in [0.2, 0.25) is 5.91 Å². The number of hydrogen-bond acceptors (Lipinski definition) is 3. The highest BCUT2D eigenvalue weighted by molar-refractivity contribution is 6.00. The number of carbonyl (C=O) groups is 2. The van der Waals surface area contributed by atoms with Crippen molar-refractivity contribution in [3.05, 3.63) is 77.9 Å². The highest BCUT2D eigenvalue weighted by Crippen LogP contribution is 2.30. The Bertz CT molecular complexity index is 850. The van der Waals surface area contributed by atoms with Gasteiger partial charge in [0, 0.05) is 17.8 Å². The first-order valence-corrected chi connectivity index (χ1v) is 7.87. The van der Waals surface area contributed by atoms with Crippen LogP contribution in [0.3, 0.4) is 0 Å². The Kier molecular flexibility index (Phi) is 6.36. The van der Waals surface area contributed by atoms with Gasteiger partial charge in [-0.3, -0.25) is 9.59 Å². The Labute approximate surface area is 153 Å². The van der Waals surface area contributed by atoms with E-state index < -0.39 is 29.7 Å². The lowest BCUT2D eigenvalue weighted by Crippen LogP contribution is -2.28. The molecule has 3 N–H and O–H groups in total. The van der Waals surface area contributed by atoms with Crippen LogP contribution >= 0.6 is 0 Å². The van der Waals surface area contributed by atoms with E-state index in [2.05, 4.69) is 17.2 Å². The van der Waals surface area contributed by atoms with E-state index in [4.69, 9.17) is 0 Å². The SMILES string of the molecule is C=CC(=O)Nc1cccc(C(=O)NCC(O)c2cccc(C(F)(F)F)c2)c1. The molecule has 0 aromatic heterocycles. The fraction of sp³-hybridized carbons (Fsp3) is 0.158. The van der Waals surface area contributed by atoms with Crippen LogP contribution in [0.2, 0.25) is 0 Å². The Morgan fingerprint density at radius 1 is 1.15 bits per heavy atom. The third-order valence-corrected chi connectivity index (χ3v) is 3.63. The van der Waals surface area contributed by atoms with Gasteiger partial charge in [0.15, 0.2) is 0 Å². The van der Waals surface area contributed by atoms with E-state index in [1.54, 1.807) is 12.1 Å². The third kappa shape index (κ3) is 5.68. The number of rotatable bonds is 6. The largest absolute Gasteiger partial charge is 0.416 e. The van der Waals surface area contributed by atoms with E-state index in [9.17, 15) is 27.9 Å². The molecular weight excluding hydrogens is 361 g/mol. The molecule has 0 aliphatic heterocycles. The number of nitrogens with one attached hydrogen (secondary N) is 2. The molecule has 0 radical (unpaired) electrons. The van der Waals surface area contributed by atoms with Crippen LogP contribution in [0.15, 0.2) is 61.2 Å². The monoisotopic (exact) mass is 378 g/mol. The van der Waals surface area contributed by atoms with Crippen molar-refractivity contribution in [3.63, 3.8) is 0 Å². The smallest absolute Gasteiger partial charge is 0.387 e. The average Bonchev–Trinajstić information content (AvgIpc) is 2.65. The number of hydrogen-bond donors (Lipinski definition) is 3. The molecule has 5 nitrogen and oxygen atoms in total. The van der Waals surface area contributed by atoms with Crippen molar-refractivity contribution in [2.45, 2.75) is 12.3 Å². The van der Waals surface area contributed by atoms with Gasteiger partial charge in [0.1, 0.15) is 0 Å². The molecule has 142 valence electrons. The lowest BCUT2D eigenvalue weighted by atomic mass is 10.1. The van der Waals surface area contributed by atoms with Gasteiger partial charge >= 0.3 is 6.18 Å². The average molecular weight is 378 g/mol. The molecule has 0 saturated carbocycles. The fourth-order valence-corrected chi connectivity index (χ4v) is 2.26. The summed E-state index contributed by atoms with van der Waals surface area (Å²) in [4.78, 5) is 23.5. The number of aliphatic hydroxyl groups excluding tert-OH is 1. The van der Waals surface area contributed by atoms with Crippen LogP contribution in [0, 0.1) is 0 Å². The second-order valence-electron chi connectivity index (χ2n) is 5.62. The van der Waals surface area contributed by atoms with E-state index in [0.29, 0.717) is 5.69 Å². The number of aliphatic hydroxyl groups is 1. The van der Waals surface area contributed by atoms with E-state index in [1.807, 2.05) is 0 Å². The van der Waals surface area contributed by atoms with Gasteiger partial charge in [0.25, 0.3) is 5.91 Å². The summed E-state index contributed by atoms with van der Waals surface area (Å²) in [5, 5.41) is 15.0. The van der Waals surface area contributed by atoms with Crippen LogP contribution in [0.25, 0.3) is 0 Å². The Balaban J connectivity index is 2.02. The molecule has 0 saturated heterocycles. The molecule has 27 heavy (non-hydrogen) atoms. The number of anilines is 1. The highest BCUT2D eigenvalue weighted by atomic mass is 19.4. The summed E-state index contributed by atoms with van der Waals surface area (Å²) in [6.45, 7) is 3.05. The van der Waals surface area contributed by atoms with Crippen molar-refractivity contribution >= 4 is 17.5 Å². The van der Waals surface area contributed by atoms with Crippen LogP contribution in [-0.2, 0) is 11.0 Å². The molecule has 0 aliphatic rings. The first-order valence-electron chi connectivity index (χ1n) is 7.87. The first kappa shape index (κ1) is 20.2. The molecule has 8 heteroatoms. The highest BCUT2D eigenvalue weighted by Gasteiger charge is 2.30. The van der Waals surface area contributed by atoms with Gasteiger partial charge in [-0.05, 0) is 42.0 Å². The van der Waals surface area contributed by atoms with Crippen LogP contribution in [0.4, 0.5) is 18.9 Å². The van der Waals surface area contributed by atoms with Gasteiger partial charge < -0.3 is 15.7 Å². The molecule has 0 heterocycles. The van der Waals surface area contributed by atoms with E-state index >= 15 is 0 Å². The number of carbonyl (C=O) groups excluding carboxylic acids is 2. The Hall–Kier alpha value is -3.13. The van der Waals surface area contributed by atoms with Crippen molar-refractivity contribution in [2.24, 2.45) is 0 Å². The van der Waals surface area contributed by atoms with Crippen molar-refractivity contribution in [1.82, 2.24) is 5.32 Å². The molecular formula is C19H17F3N2O3. The van der Waals surface area contributed by atoms with Crippen molar-refractivity contribution in [1.29, 1.82) is 0 Å². The number of alkyl halides is 3. The summed E-state index contributed by atoms with van der Waals surface area (Å²) in [5.41, 5.74) is -0.243. The topological polar surface area (TPSA) is 78.4 Å². The van der Waals surface area contributed by atoms with Gasteiger partial charge in [-0.15, -0.1) is 0 Å². The quantitative estimate of drug-likeness (QED) is 0.675. The first-order chi connectivity index (χ1) is 12.7. The van der Waals surface area contributed by atoms with Crippen LogP contribution in [0.5, 0.6) is 0 Å². The number of amides is 2. The summed E-state index contributed by atoms with van der Waals surface area (Å²) < 4.78 is 38.2. The van der Waals surface area contributed by atoms with Crippen molar-refractivity contribution in [3.8, 4) is 0 Å². The minimum Gasteiger partial charge on any atom is -0.387 e. The second kappa shape index (κ2) is 8.50. The lowest BCUT2D eigenvalue weighted by Gasteiger charge is -2.15. The van der Waals surface area contributed by atoms with Gasteiger partial charge in [0.05, 0.1) is 11.7 Å². The standard InChI is InChI=1S/C19H17F3N2O3/c1-2-17(26)24-15-8-4-6-13(10-15)18(27)23-11-16(25)12-5-3-7-14(9-12)19(20,21)22/h2-10,16,25H,1,11H2,(H,23,27)(H,24,26). The van der Waals surface area contributed by atoms with E-state index in [1.165, 1.54) is 24.3 Å². The molecule has 0 bridgehead atoms. The predicted octanol–water partition coefficient (Wildman–Crippen LogP) is 3.29. The van der Waals surface area contributed by atoms with Crippen LogP contribution in [-0.4, -0.2) is 23.5 Å². The minimum absolute atomic E-state index is 0.0390. The molecule has 2 amide bonds. The zero-order valence-corrected chi connectivity index (χ0v) is 14.1. The number of halogens is 3. The zero-order chi connectivity index (χ0) is 20.0. The molecule has 2 aromatic rings. The van der Waals surface area contributed by atoms with Crippen molar-refractivity contribution < 1.29 is 27.9 Å². The molecule has 1 unspecified atom stereocenters. The lowest BCUT2D eigenvalue weighted by molar-refractivity contribution is -0.137. The zero-order valence-electron chi connectivity index (χ0n) is 14.1. The second-order valence-corrected chi connectivity index (χ2v) is 5.62. The van der Waals surface area contributed by atoms with Crippen LogP contribution < -0.4 is 10.6 Å². The van der Waals surface area contributed by atoms with Gasteiger partial charge in [-0.2, -0.15) is 13.2 Å². The summed E-state index contributed by atoms with van der Waals surface area (Å²) in [6, 6.07) is 10.3. The van der Waals surface area contributed by atoms with E-state index in [0.717, 1.165) is 18.2 Å². The summed E-state index contributed by atoms with van der Waals surface area (Å²) >= 11 is 0. The molecule has 0 spiro atoms. The summed E-state index contributed by atoms with van der Waals surface area (Å²) in [7, 11) is 0. The molecule has 2 rings (SSSR count). The predicted molar refractivity (Wildman–Crippen MR) is 94.0 cm³/mol. The fourth-order valence-electron chi connectivity index (χ4n) is 2.26. The number of benzene rings is 2. The molecule has 1 atom stereocenters. The normalized spacial score (nSPS) is 12.1. The summed E-state index contributed by atoms with van der Waals surface area (Å²) in [6.07, 6.45) is -4.74. The molecule has 0 aliphatic carbocycles. The Morgan fingerprint density at radius 2 is 1.85 bits per heavy atom. The molecule has 0 fully saturated rings. The van der Waals surface area contributed by atoms with Gasteiger partial charge in [-0.25, -0.2) is 0 Å². The maximum atomic E-state index is 12.7. The summed E-state index contributed by atoms with van der Waals surface area (Å²) in [5.74, 6) is -0.983.